The van der Waals surface area contributed by atoms with Gasteiger partial charge in [0.1, 0.15) is 5.78 Å². The third-order valence-electron chi connectivity index (χ3n) is 2.49. The summed E-state index contributed by atoms with van der Waals surface area (Å²) in [6, 6.07) is 0.122. The summed E-state index contributed by atoms with van der Waals surface area (Å²) in [7, 11) is 0. The molecule has 1 aliphatic rings. The lowest BCUT2D eigenvalue weighted by Gasteiger charge is -2.19. The molecule has 0 heterocycles. The van der Waals surface area contributed by atoms with Crippen molar-refractivity contribution in [1.82, 2.24) is 0 Å². The van der Waals surface area contributed by atoms with Crippen LogP contribution in [0.5, 0.6) is 0 Å². The largest absolute Gasteiger partial charge is 0.327 e. The zero-order chi connectivity index (χ0) is 9.35. The first-order valence-electron chi connectivity index (χ1n) is 4.70. The molecule has 0 saturated heterocycles. The third-order valence-corrected chi connectivity index (χ3v) is 2.49. The number of hydrogen-bond acceptors (Lipinski definition) is 2. The van der Waals surface area contributed by atoms with Crippen LogP contribution in [0.2, 0.25) is 0 Å². The maximum absolute atomic E-state index is 11.5. The van der Waals surface area contributed by atoms with Gasteiger partial charge in [0, 0.05) is 17.9 Å². The summed E-state index contributed by atoms with van der Waals surface area (Å²) in [5.41, 5.74) is 5.64. The highest BCUT2D eigenvalue weighted by Crippen LogP contribution is 2.34. The van der Waals surface area contributed by atoms with E-state index in [9.17, 15) is 4.79 Å². The number of carbonyl (C=O) groups excluding carboxylic acids is 1. The molecule has 0 aromatic rings. The molecule has 0 spiro atoms. The van der Waals surface area contributed by atoms with E-state index >= 15 is 0 Å². The predicted molar refractivity (Wildman–Crippen MR) is 49.8 cm³/mol. The Balaban J connectivity index is 2.34. The normalized spacial score (nSPS) is 20.7. The van der Waals surface area contributed by atoms with Gasteiger partial charge in [-0.2, -0.15) is 0 Å². The van der Waals surface area contributed by atoms with Crippen LogP contribution < -0.4 is 5.73 Å². The van der Waals surface area contributed by atoms with E-state index in [0.717, 1.165) is 0 Å². The van der Waals surface area contributed by atoms with Crippen molar-refractivity contribution in [2.45, 2.75) is 46.1 Å². The molecule has 0 aliphatic heterocycles. The highest BCUT2D eigenvalue weighted by molar-refractivity contribution is 5.84. The van der Waals surface area contributed by atoms with E-state index in [2.05, 4.69) is 0 Å². The van der Waals surface area contributed by atoms with Gasteiger partial charge in [-0.25, -0.2) is 0 Å². The Bertz CT molecular complexity index is 177. The Morgan fingerprint density at radius 1 is 1.50 bits per heavy atom. The van der Waals surface area contributed by atoms with E-state index in [0.29, 0.717) is 18.1 Å². The van der Waals surface area contributed by atoms with E-state index in [1.807, 2.05) is 20.8 Å². The van der Waals surface area contributed by atoms with Crippen LogP contribution in [0.15, 0.2) is 0 Å². The third kappa shape index (κ3) is 2.59. The highest BCUT2D eigenvalue weighted by atomic mass is 16.1. The minimum atomic E-state index is -0.216. The highest BCUT2D eigenvalue weighted by Gasteiger charge is 2.32. The van der Waals surface area contributed by atoms with Gasteiger partial charge in [0.05, 0.1) is 0 Å². The molecule has 0 bridgehead atoms. The van der Waals surface area contributed by atoms with Crippen LogP contribution >= 0.6 is 0 Å². The molecule has 1 atom stereocenters. The fourth-order valence-corrected chi connectivity index (χ4v) is 1.21. The molecule has 1 fully saturated rings. The van der Waals surface area contributed by atoms with Crippen molar-refractivity contribution in [2.75, 3.05) is 0 Å². The summed E-state index contributed by atoms with van der Waals surface area (Å²) >= 11 is 0. The second kappa shape index (κ2) is 3.17. The number of hydrogen-bond donors (Lipinski definition) is 1. The van der Waals surface area contributed by atoms with Gasteiger partial charge in [-0.1, -0.05) is 20.8 Å². The summed E-state index contributed by atoms with van der Waals surface area (Å²) in [4.78, 5) is 11.5. The fraction of sp³-hybridized carbons (Fsp3) is 0.900. The van der Waals surface area contributed by atoms with E-state index in [1.165, 1.54) is 12.8 Å². The number of ketones is 1. The van der Waals surface area contributed by atoms with Crippen molar-refractivity contribution in [3.8, 4) is 0 Å². The summed E-state index contributed by atoms with van der Waals surface area (Å²) < 4.78 is 0. The molecule has 2 N–H and O–H groups in total. The van der Waals surface area contributed by atoms with E-state index in [4.69, 9.17) is 5.73 Å². The molecule has 1 saturated carbocycles. The van der Waals surface area contributed by atoms with Gasteiger partial charge in [0.25, 0.3) is 0 Å². The van der Waals surface area contributed by atoms with Crippen LogP contribution in [0, 0.1) is 11.3 Å². The van der Waals surface area contributed by atoms with Crippen LogP contribution in [-0.4, -0.2) is 11.8 Å². The molecule has 2 heteroatoms. The number of carbonyl (C=O) groups is 1. The van der Waals surface area contributed by atoms with Crippen LogP contribution in [-0.2, 0) is 4.79 Å². The molecule has 0 radical (unpaired) electrons. The van der Waals surface area contributed by atoms with Crippen LogP contribution in [0.25, 0.3) is 0 Å². The lowest BCUT2D eigenvalue weighted by atomic mass is 9.86. The van der Waals surface area contributed by atoms with Gasteiger partial charge in [-0.05, 0) is 18.8 Å². The lowest BCUT2D eigenvalue weighted by molar-refractivity contribution is -0.126. The van der Waals surface area contributed by atoms with Gasteiger partial charge in [-0.15, -0.1) is 0 Å². The van der Waals surface area contributed by atoms with Crippen LogP contribution in [0.3, 0.4) is 0 Å². The zero-order valence-electron chi connectivity index (χ0n) is 8.26. The van der Waals surface area contributed by atoms with E-state index < -0.39 is 0 Å². The number of Topliss-reactive ketones (excluding diaryl/α,β-unsaturated/α-hetero) is 1. The van der Waals surface area contributed by atoms with Crippen molar-refractivity contribution in [2.24, 2.45) is 17.1 Å². The Hall–Kier alpha value is -0.370. The molecule has 70 valence electrons. The fourth-order valence-electron chi connectivity index (χ4n) is 1.21. The first-order valence-corrected chi connectivity index (χ1v) is 4.70. The van der Waals surface area contributed by atoms with Crippen molar-refractivity contribution >= 4 is 5.78 Å². The first kappa shape index (κ1) is 9.72. The molecule has 0 amide bonds. The molecule has 2 nitrogen and oxygen atoms in total. The standard InChI is InChI=1S/C10H19NO/c1-10(2,3)9(12)6-8(11)7-4-5-7/h7-8H,4-6,11H2,1-3H3. The first-order chi connectivity index (χ1) is 5.41. The van der Waals surface area contributed by atoms with Gasteiger partial charge >= 0.3 is 0 Å². The molecule has 1 rings (SSSR count). The van der Waals surface area contributed by atoms with Gasteiger partial charge in [0.2, 0.25) is 0 Å². The van der Waals surface area contributed by atoms with E-state index in [-0.39, 0.29) is 11.5 Å². The van der Waals surface area contributed by atoms with Crippen molar-refractivity contribution in [1.29, 1.82) is 0 Å². The summed E-state index contributed by atoms with van der Waals surface area (Å²) in [6.45, 7) is 5.86. The Kier molecular flexibility index (Phi) is 2.57. The van der Waals surface area contributed by atoms with Crippen molar-refractivity contribution < 1.29 is 4.79 Å². The second-order valence-electron chi connectivity index (χ2n) is 4.88. The summed E-state index contributed by atoms with van der Waals surface area (Å²) in [6.07, 6.45) is 3.01. The topological polar surface area (TPSA) is 43.1 Å². The minimum Gasteiger partial charge on any atom is -0.327 e. The minimum absolute atomic E-state index is 0.122. The smallest absolute Gasteiger partial charge is 0.139 e. The average molecular weight is 169 g/mol. The zero-order valence-corrected chi connectivity index (χ0v) is 8.26. The Morgan fingerprint density at radius 3 is 2.33 bits per heavy atom. The predicted octanol–water partition coefficient (Wildman–Crippen LogP) is 1.73. The number of nitrogens with two attached hydrogens (primary N) is 1. The molecular weight excluding hydrogens is 150 g/mol. The second-order valence-corrected chi connectivity index (χ2v) is 4.88. The monoisotopic (exact) mass is 169 g/mol. The van der Waals surface area contributed by atoms with Crippen molar-refractivity contribution in [3.05, 3.63) is 0 Å². The summed E-state index contributed by atoms with van der Waals surface area (Å²) in [5, 5.41) is 0. The van der Waals surface area contributed by atoms with Gasteiger partial charge in [0.15, 0.2) is 0 Å². The van der Waals surface area contributed by atoms with Gasteiger partial charge in [-0.3, -0.25) is 4.79 Å². The molecule has 1 unspecified atom stereocenters. The molecular formula is C10H19NO. The molecule has 0 aromatic carbocycles. The van der Waals surface area contributed by atoms with Crippen molar-refractivity contribution in [3.63, 3.8) is 0 Å². The molecule has 1 aliphatic carbocycles. The molecule has 0 aromatic heterocycles. The Labute approximate surface area is 74.5 Å². The van der Waals surface area contributed by atoms with Gasteiger partial charge < -0.3 is 5.73 Å². The Morgan fingerprint density at radius 2 is 2.00 bits per heavy atom. The molecule has 12 heavy (non-hydrogen) atoms. The van der Waals surface area contributed by atoms with Crippen LogP contribution in [0.4, 0.5) is 0 Å². The quantitative estimate of drug-likeness (QED) is 0.699. The van der Waals surface area contributed by atoms with E-state index in [1.54, 1.807) is 0 Å². The van der Waals surface area contributed by atoms with Crippen LogP contribution in [0.1, 0.15) is 40.0 Å². The SMILES string of the molecule is CC(C)(C)C(=O)CC(N)C1CC1. The average Bonchev–Trinajstić information content (AvgIpc) is 2.65. The summed E-state index contributed by atoms with van der Waals surface area (Å²) in [5.74, 6) is 0.929. The maximum atomic E-state index is 11.5. The number of rotatable bonds is 3. The maximum Gasteiger partial charge on any atom is 0.139 e. The lowest BCUT2D eigenvalue weighted by Crippen LogP contribution is -2.31.